The first-order chi connectivity index (χ1) is 5.97. The van der Waals surface area contributed by atoms with E-state index < -0.39 is 15.1 Å². The fourth-order valence-electron chi connectivity index (χ4n) is 1.26. The molecule has 0 spiro atoms. The predicted molar refractivity (Wildman–Crippen MR) is 50.5 cm³/mol. The van der Waals surface area contributed by atoms with Crippen LogP contribution in [-0.2, 0) is 14.6 Å². The second kappa shape index (κ2) is 3.84. The van der Waals surface area contributed by atoms with Gasteiger partial charge in [0.2, 0.25) is 5.91 Å². The zero-order valence-electron chi connectivity index (χ0n) is 7.36. The van der Waals surface area contributed by atoms with Crippen LogP contribution in [0.1, 0.15) is 6.92 Å². The van der Waals surface area contributed by atoms with Crippen LogP contribution < -0.4 is 0 Å². The first-order valence-electron chi connectivity index (χ1n) is 4.02. The van der Waals surface area contributed by atoms with Gasteiger partial charge in [-0.15, -0.1) is 11.6 Å². The van der Waals surface area contributed by atoms with E-state index in [9.17, 15) is 13.2 Å². The number of alkyl halides is 1. The van der Waals surface area contributed by atoms with Crippen molar-refractivity contribution < 1.29 is 13.2 Å². The molecule has 4 nitrogen and oxygen atoms in total. The van der Waals surface area contributed by atoms with E-state index in [-0.39, 0.29) is 30.6 Å². The van der Waals surface area contributed by atoms with E-state index in [0.29, 0.717) is 0 Å². The second-order valence-electron chi connectivity index (χ2n) is 3.15. The molecule has 1 saturated heterocycles. The monoisotopic (exact) mass is 225 g/mol. The third-order valence-corrected chi connectivity index (χ3v) is 4.56. The molecule has 0 aromatic rings. The molecule has 13 heavy (non-hydrogen) atoms. The average Bonchev–Trinajstić information content (AvgIpc) is 2.08. The molecule has 0 aliphatic carbocycles. The SMILES string of the molecule is CC1CN(C(=O)CCl)CCS1(=O)=O. The lowest BCUT2D eigenvalue weighted by Gasteiger charge is -2.30. The maximum atomic E-state index is 11.3. The Morgan fingerprint density at radius 2 is 2.23 bits per heavy atom. The molecule has 1 aliphatic rings. The fraction of sp³-hybridized carbons (Fsp3) is 0.857. The number of halogens is 1. The van der Waals surface area contributed by atoms with Crippen LogP contribution in [0.5, 0.6) is 0 Å². The van der Waals surface area contributed by atoms with E-state index in [2.05, 4.69) is 0 Å². The summed E-state index contributed by atoms with van der Waals surface area (Å²) < 4.78 is 22.5. The molecule has 1 rings (SSSR count). The van der Waals surface area contributed by atoms with Crippen LogP contribution in [0.15, 0.2) is 0 Å². The second-order valence-corrected chi connectivity index (χ2v) is 5.96. The van der Waals surface area contributed by atoms with Gasteiger partial charge >= 0.3 is 0 Å². The summed E-state index contributed by atoms with van der Waals surface area (Å²) in [5.41, 5.74) is 0. The summed E-state index contributed by atoms with van der Waals surface area (Å²) in [6.45, 7) is 2.16. The molecule has 1 unspecified atom stereocenters. The van der Waals surface area contributed by atoms with E-state index in [1.54, 1.807) is 6.92 Å². The van der Waals surface area contributed by atoms with E-state index in [1.165, 1.54) is 4.90 Å². The highest BCUT2D eigenvalue weighted by atomic mass is 35.5. The molecule has 1 heterocycles. The first kappa shape index (κ1) is 10.8. The van der Waals surface area contributed by atoms with Gasteiger partial charge in [0.25, 0.3) is 0 Å². The van der Waals surface area contributed by atoms with Gasteiger partial charge in [-0.2, -0.15) is 0 Å². The number of sulfone groups is 1. The number of nitrogens with zero attached hydrogens (tertiary/aromatic N) is 1. The molecule has 76 valence electrons. The van der Waals surface area contributed by atoms with Gasteiger partial charge < -0.3 is 4.90 Å². The van der Waals surface area contributed by atoms with Gasteiger partial charge in [-0.1, -0.05) is 0 Å². The third-order valence-electron chi connectivity index (χ3n) is 2.20. The maximum absolute atomic E-state index is 11.3. The minimum absolute atomic E-state index is 0.0524. The molecular weight excluding hydrogens is 214 g/mol. The number of carbonyl (C=O) groups is 1. The zero-order chi connectivity index (χ0) is 10.1. The fourth-order valence-corrected chi connectivity index (χ4v) is 2.72. The van der Waals surface area contributed by atoms with Crippen molar-refractivity contribution >= 4 is 27.3 Å². The highest BCUT2D eigenvalue weighted by Gasteiger charge is 2.31. The number of hydrogen-bond donors (Lipinski definition) is 0. The summed E-state index contributed by atoms with van der Waals surface area (Å²) in [7, 11) is -2.97. The Hall–Kier alpha value is -0.290. The maximum Gasteiger partial charge on any atom is 0.237 e. The lowest BCUT2D eigenvalue weighted by Crippen LogP contribution is -2.48. The zero-order valence-corrected chi connectivity index (χ0v) is 8.94. The van der Waals surface area contributed by atoms with Crippen LogP contribution in [0, 0.1) is 0 Å². The molecular formula is C7H12ClNO3S. The van der Waals surface area contributed by atoms with Crippen molar-refractivity contribution in [2.45, 2.75) is 12.2 Å². The Labute approximate surface area is 82.8 Å². The molecule has 0 saturated carbocycles. The van der Waals surface area contributed by atoms with E-state index in [4.69, 9.17) is 11.6 Å². The Bertz CT molecular complexity index is 301. The minimum atomic E-state index is -2.97. The minimum Gasteiger partial charge on any atom is -0.339 e. The number of carbonyl (C=O) groups excluding carboxylic acids is 1. The summed E-state index contributed by atoms with van der Waals surface area (Å²) in [6.07, 6.45) is 0. The molecule has 0 aromatic heterocycles. The van der Waals surface area contributed by atoms with Crippen molar-refractivity contribution in [3.8, 4) is 0 Å². The van der Waals surface area contributed by atoms with Crippen molar-refractivity contribution in [3.63, 3.8) is 0 Å². The van der Waals surface area contributed by atoms with Crippen LogP contribution in [0.2, 0.25) is 0 Å². The Morgan fingerprint density at radius 3 is 2.69 bits per heavy atom. The van der Waals surface area contributed by atoms with Crippen LogP contribution in [0.4, 0.5) is 0 Å². The Kier molecular flexibility index (Phi) is 3.18. The lowest BCUT2D eigenvalue weighted by molar-refractivity contribution is -0.128. The van der Waals surface area contributed by atoms with Crippen molar-refractivity contribution in [2.24, 2.45) is 0 Å². The van der Waals surface area contributed by atoms with Gasteiger partial charge in [0.1, 0.15) is 5.88 Å². The third kappa shape index (κ3) is 2.34. The van der Waals surface area contributed by atoms with Gasteiger partial charge in [0.05, 0.1) is 11.0 Å². The Morgan fingerprint density at radius 1 is 1.62 bits per heavy atom. The van der Waals surface area contributed by atoms with Crippen molar-refractivity contribution in [2.75, 3.05) is 24.7 Å². The molecule has 6 heteroatoms. The molecule has 0 aromatic carbocycles. The van der Waals surface area contributed by atoms with Gasteiger partial charge in [-0.25, -0.2) is 8.42 Å². The normalized spacial score (nSPS) is 27.2. The predicted octanol–water partition coefficient (Wildman–Crippen LogP) is -0.129. The van der Waals surface area contributed by atoms with Crippen LogP contribution in [-0.4, -0.2) is 49.2 Å². The molecule has 0 bridgehead atoms. The smallest absolute Gasteiger partial charge is 0.237 e. The molecule has 1 atom stereocenters. The summed E-state index contributed by atoms with van der Waals surface area (Å²) in [6, 6.07) is 0. The van der Waals surface area contributed by atoms with E-state index in [0.717, 1.165) is 0 Å². The van der Waals surface area contributed by atoms with Crippen LogP contribution in [0.25, 0.3) is 0 Å². The van der Waals surface area contributed by atoms with Crippen molar-refractivity contribution in [1.82, 2.24) is 4.90 Å². The van der Waals surface area contributed by atoms with Crippen molar-refractivity contribution in [1.29, 1.82) is 0 Å². The summed E-state index contributed by atoms with van der Waals surface area (Å²) >= 11 is 5.36. The first-order valence-corrected chi connectivity index (χ1v) is 6.27. The standard InChI is InChI=1S/C7H12ClNO3S/c1-6-5-9(7(10)4-8)2-3-13(6,11)12/h6H,2-5H2,1H3. The number of hydrogen-bond acceptors (Lipinski definition) is 3. The summed E-state index contributed by atoms with van der Waals surface area (Å²) in [5, 5.41) is -0.464. The van der Waals surface area contributed by atoms with E-state index in [1.807, 2.05) is 0 Å². The number of rotatable bonds is 1. The largest absolute Gasteiger partial charge is 0.339 e. The summed E-state index contributed by atoms with van der Waals surface area (Å²) in [4.78, 5) is 12.6. The van der Waals surface area contributed by atoms with Gasteiger partial charge in [0, 0.05) is 13.1 Å². The van der Waals surface area contributed by atoms with Crippen LogP contribution in [0.3, 0.4) is 0 Å². The molecule has 1 amide bonds. The average molecular weight is 226 g/mol. The van der Waals surface area contributed by atoms with Crippen LogP contribution >= 0.6 is 11.6 Å². The molecule has 0 N–H and O–H groups in total. The van der Waals surface area contributed by atoms with Gasteiger partial charge in [-0.3, -0.25) is 4.79 Å². The Balaban J connectivity index is 2.66. The highest BCUT2D eigenvalue weighted by Crippen LogP contribution is 2.12. The topological polar surface area (TPSA) is 54.5 Å². The molecule has 1 aliphatic heterocycles. The number of amides is 1. The summed E-state index contributed by atoms with van der Waals surface area (Å²) in [5.74, 6) is -0.216. The quantitative estimate of drug-likeness (QED) is 0.585. The van der Waals surface area contributed by atoms with Gasteiger partial charge in [0.15, 0.2) is 9.84 Å². The van der Waals surface area contributed by atoms with E-state index >= 15 is 0 Å². The highest BCUT2D eigenvalue weighted by molar-refractivity contribution is 7.92. The lowest BCUT2D eigenvalue weighted by atomic mass is 10.4. The van der Waals surface area contributed by atoms with Crippen molar-refractivity contribution in [3.05, 3.63) is 0 Å². The molecule has 1 fully saturated rings. The molecule has 0 radical (unpaired) electrons. The van der Waals surface area contributed by atoms with Gasteiger partial charge in [-0.05, 0) is 6.92 Å².